The van der Waals surface area contributed by atoms with Crippen LogP contribution in [0.3, 0.4) is 0 Å². The summed E-state index contributed by atoms with van der Waals surface area (Å²) >= 11 is 0. The van der Waals surface area contributed by atoms with Crippen LogP contribution in [0.2, 0.25) is 0 Å². The highest BCUT2D eigenvalue weighted by atomic mass is 16.3. The fourth-order valence-electron chi connectivity index (χ4n) is 2.50. The molecule has 26 heavy (non-hydrogen) atoms. The highest BCUT2D eigenvalue weighted by Crippen LogP contribution is 2.32. The quantitative estimate of drug-likeness (QED) is 0.631. The van der Waals surface area contributed by atoms with Crippen LogP contribution < -0.4 is 11.1 Å². The number of phenolic OH excluding ortho intramolecular Hbond substituents is 1. The number of nitrogens with zero attached hydrogens (tertiary/aromatic N) is 3. The Morgan fingerprint density at radius 2 is 1.92 bits per heavy atom. The van der Waals surface area contributed by atoms with Crippen molar-refractivity contribution >= 4 is 5.82 Å². The topological polar surface area (TPSA) is 97.0 Å². The molecule has 1 aromatic carbocycles. The standard InChI is InChI=1S/C20H23N5O/c1-3-16(21)12-24-19-8-9-22-20(25-19)17-10-14(6-7-18(17)26)15-5-4-13(2)23-11-15/h4-11,16,26H,3,12,21H2,1-2H3,(H,22,24,25). The van der Waals surface area contributed by atoms with E-state index in [1.165, 1.54) is 0 Å². The summed E-state index contributed by atoms with van der Waals surface area (Å²) in [5, 5.41) is 13.5. The molecule has 0 radical (unpaired) electrons. The summed E-state index contributed by atoms with van der Waals surface area (Å²) in [6.07, 6.45) is 4.37. The average molecular weight is 349 g/mol. The largest absolute Gasteiger partial charge is 0.507 e. The minimum absolute atomic E-state index is 0.0687. The number of benzene rings is 1. The van der Waals surface area contributed by atoms with Crippen molar-refractivity contribution in [1.29, 1.82) is 0 Å². The Hall–Kier alpha value is -2.99. The maximum atomic E-state index is 10.3. The predicted octanol–water partition coefficient (Wildman–Crippen LogP) is 3.37. The van der Waals surface area contributed by atoms with Crippen molar-refractivity contribution in [3.8, 4) is 28.3 Å². The lowest BCUT2D eigenvalue weighted by atomic mass is 10.0. The molecule has 0 fully saturated rings. The van der Waals surface area contributed by atoms with Crippen LogP contribution in [-0.2, 0) is 0 Å². The normalized spacial score (nSPS) is 12.0. The third-order valence-corrected chi connectivity index (χ3v) is 4.21. The van der Waals surface area contributed by atoms with Gasteiger partial charge in [-0.2, -0.15) is 0 Å². The summed E-state index contributed by atoms with van der Waals surface area (Å²) in [4.78, 5) is 13.1. The average Bonchev–Trinajstić information content (AvgIpc) is 2.67. The van der Waals surface area contributed by atoms with Crippen LogP contribution in [0.5, 0.6) is 5.75 Å². The summed E-state index contributed by atoms with van der Waals surface area (Å²) in [5.74, 6) is 1.27. The number of nitrogens with one attached hydrogen (secondary N) is 1. The van der Waals surface area contributed by atoms with Crippen LogP contribution in [0.4, 0.5) is 5.82 Å². The zero-order valence-corrected chi connectivity index (χ0v) is 15.0. The molecule has 6 heteroatoms. The predicted molar refractivity (Wildman–Crippen MR) is 104 cm³/mol. The lowest BCUT2D eigenvalue weighted by molar-refractivity contribution is 0.477. The van der Waals surface area contributed by atoms with Crippen LogP contribution in [0.15, 0.2) is 48.8 Å². The van der Waals surface area contributed by atoms with Gasteiger partial charge in [-0.15, -0.1) is 0 Å². The Labute approximate surface area is 153 Å². The Morgan fingerprint density at radius 1 is 1.12 bits per heavy atom. The zero-order valence-electron chi connectivity index (χ0n) is 15.0. The molecule has 0 amide bonds. The Morgan fingerprint density at radius 3 is 2.65 bits per heavy atom. The van der Waals surface area contributed by atoms with Crippen molar-refractivity contribution < 1.29 is 5.11 Å². The van der Waals surface area contributed by atoms with Crippen molar-refractivity contribution in [3.05, 3.63) is 54.5 Å². The molecule has 0 saturated carbocycles. The second-order valence-electron chi connectivity index (χ2n) is 6.23. The highest BCUT2D eigenvalue weighted by Gasteiger charge is 2.11. The van der Waals surface area contributed by atoms with Crippen molar-refractivity contribution in [3.63, 3.8) is 0 Å². The smallest absolute Gasteiger partial charge is 0.165 e. The van der Waals surface area contributed by atoms with Gasteiger partial charge in [0.25, 0.3) is 0 Å². The van der Waals surface area contributed by atoms with E-state index in [0.717, 1.165) is 23.2 Å². The first-order valence-electron chi connectivity index (χ1n) is 8.65. The maximum Gasteiger partial charge on any atom is 0.165 e. The molecule has 134 valence electrons. The van der Waals surface area contributed by atoms with Crippen molar-refractivity contribution in [2.75, 3.05) is 11.9 Å². The first kappa shape index (κ1) is 17.8. The molecule has 2 aromatic heterocycles. The van der Waals surface area contributed by atoms with Gasteiger partial charge in [-0.05, 0) is 43.2 Å². The number of aromatic nitrogens is 3. The SMILES string of the molecule is CCC(N)CNc1ccnc(-c2cc(-c3ccc(C)nc3)ccc2O)n1. The van der Waals surface area contributed by atoms with Gasteiger partial charge in [0.05, 0.1) is 5.56 Å². The summed E-state index contributed by atoms with van der Waals surface area (Å²) in [6.45, 7) is 4.62. The van der Waals surface area contributed by atoms with Crippen LogP contribution in [0.1, 0.15) is 19.0 Å². The maximum absolute atomic E-state index is 10.3. The third-order valence-electron chi connectivity index (χ3n) is 4.21. The minimum Gasteiger partial charge on any atom is -0.507 e. The van der Waals surface area contributed by atoms with E-state index >= 15 is 0 Å². The van der Waals surface area contributed by atoms with Gasteiger partial charge in [0.2, 0.25) is 0 Å². The van der Waals surface area contributed by atoms with E-state index in [4.69, 9.17) is 5.73 Å². The molecule has 2 heterocycles. The van der Waals surface area contributed by atoms with E-state index in [9.17, 15) is 5.11 Å². The van der Waals surface area contributed by atoms with E-state index in [2.05, 4.69) is 20.3 Å². The molecular formula is C20H23N5O. The van der Waals surface area contributed by atoms with E-state index in [0.29, 0.717) is 23.8 Å². The Balaban J connectivity index is 1.91. The molecule has 4 N–H and O–H groups in total. The van der Waals surface area contributed by atoms with Gasteiger partial charge in [-0.1, -0.05) is 19.1 Å². The van der Waals surface area contributed by atoms with Crippen molar-refractivity contribution in [1.82, 2.24) is 15.0 Å². The summed E-state index contributed by atoms with van der Waals surface area (Å²) in [5.41, 5.74) is 9.39. The lowest BCUT2D eigenvalue weighted by Gasteiger charge is -2.12. The van der Waals surface area contributed by atoms with Crippen LogP contribution in [0.25, 0.3) is 22.5 Å². The van der Waals surface area contributed by atoms with Crippen molar-refractivity contribution in [2.24, 2.45) is 5.73 Å². The summed E-state index contributed by atoms with van der Waals surface area (Å²) in [7, 11) is 0. The summed E-state index contributed by atoms with van der Waals surface area (Å²) in [6, 6.07) is 11.2. The van der Waals surface area contributed by atoms with Gasteiger partial charge < -0.3 is 16.2 Å². The number of anilines is 1. The lowest BCUT2D eigenvalue weighted by Crippen LogP contribution is -2.28. The summed E-state index contributed by atoms with van der Waals surface area (Å²) < 4.78 is 0. The fraction of sp³-hybridized carbons (Fsp3) is 0.250. The first-order chi connectivity index (χ1) is 12.6. The number of hydrogen-bond donors (Lipinski definition) is 3. The molecule has 3 aromatic rings. The molecule has 0 bridgehead atoms. The minimum atomic E-state index is 0.0687. The van der Waals surface area contributed by atoms with Gasteiger partial charge in [0.1, 0.15) is 11.6 Å². The zero-order chi connectivity index (χ0) is 18.5. The molecule has 0 spiro atoms. The molecule has 0 aliphatic carbocycles. The van der Waals surface area contributed by atoms with E-state index < -0.39 is 0 Å². The van der Waals surface area contributed by atoms with E-state index in [1.54, 1.807) is 18.3 Å². The molecule has 0 aliphatic rings. The number of rotatable bonds is 6. The van der Waals surface area contributed by atoms with Crippen LogP contribution in [-0.4, -0.2) is 32.6 Å². The molecule has 6 nitrogen and oxygen atoms in total. The number of hydrogen-bond acceptors (Lipinski definition) is 6. The Kier molecular flexibility index (Phi) is 5.43. The number of aromatic hydroxyl groups is 1. The van der Waals surface area contributed by atoms with E-state index in [-0.39, 0.29) is 11.8 Å². The van der Waals surface area contributed by atoms with Crippen LogP contribution in [0, 0.1) is 6.92 Å². The van der Waals surface area contributed by atoms with Crippen molar-refractivity contribution in [2.45, 2.75) is 26.3 Å². The Bertz CT molecular complexity index is 880. The van der Waals surface area contributed by atoms with Gasteiger partial charge in [0.15, 0.2) is 5.82 Å². The second-order valence-corrected chi connectivity index (χ2v) is 6.23. The van der Waals surface area contributed by atoms with Gasteiger partial charge in [0, 0.05) is 36.2 Å². The first-order valence-corrected chi connectivity index (χ1v) is 8.65. The number of phenols is 1. The third kappa shape index (κ3) is 4.15. The van der Waals surface area contributed by atoms with E-state index in [1.807, 2.05) is 44.3 Å². The number of aryl methyl sites for hydroxylation is 1. The van der Waals surface area contributed by atoms with Gasteiger partial charge >= 0.3 is 0 Å². The fourth-order valence-corrected chi connectivity index (χ4v) is 2.50. The van der Waals surface area contributed by atoms with Crippen LogP contribution >= 0.6 is 0 Å². The highest BCUT2D eigenvalue weighted by molar-refractivity contribution is 5.74. The van der Waals surface area contributed by atoms with Gasteiger partial charge in [-0.25, -0.2) is 9.97 Å². The molecular weight excluding hydrogens is 326 g/mol. The molecule has 1 unspecified atom stereocenters. The second kappa shape index (κ2) is 7.93. The molecule has 3 rings (SSSR count). The molecule has 0 aliphatic heterocycles. The molecule has 0 saturated heterocycles. The monoisotopic (exact) mass is 349 g/mol. The number of pyridine rings is 1. The van der Waals surface area contributed by atoms with Gasteiger partial charge in [-0.3, -0.25) is 4.98 Å². The number of nitrogens with two attached hydrogens (primary N) is 1. The molecule has 1 atom stereocenters.